The number of rotatable bonds is 18. The molecular formula is C43H43N8O10P. The lowest BCUT2D eigenvalue weighted by Gasteiger charge is -2.20. The van der Waals surface area contributed by atoms with Crippen molar-refractivity contribution in [2.75, 3.05) is 26.6 Å². The van der Waals surface area contributed by atoms with Crippen LogP contribution in [0.3, 0.4) is 0 Å². The zero-order valence-electron chi connectivity index (χ0n) is 34.2. The molecule has 0 radical (unpaired) electrons. The van der Waals surface area contributed by atoms with Gasteiger partial charge >= 0.3 is 13.8 Å². The van der Waals surface area contributed by atoms with E-state index in [0.717, 1.165) is 24.0 Å². The molecule has 18 nitrogen and oxygen atoms in total. The molecule has 1 aliphatic rings. The van der Waals surface area contributed by atoms with Crippen LogP contribution in [-0.4, -0.2) is 63.8 Å². The minimum absolute atomic E-state index is 0.0161. The molecule has 0 bridgehead atoms. The van der Waals surface area contributed by atoms with E-state index in [0.29, 0.717) is 22.8 Å². The lowest BCUT2D eigenvalue weighted by atomic mass is 10.1. The number of tetrazole rings is 1. The number of phosphoric acid groups is 1. The number of nitrogens with zero attached hydrogens (tertiary/aromatic N) is 6. The fourth-order valence-electron chi connectivity index (χ4n) is 6.05. The Morgan fingerprint density at radius 3 is 2.15 bits per heavy atom. The Balaban J connectivity index is 1.15. The van der Waals surface area contributed by atoms with Crippen molar-refractivity contribution in [1.82, 2.24) is 30.1 Å². The largest absolute Gasteiger partial charge is 0.530 e. The summed E-state index contributed by atoms with van der Waals surface area (Å²) in [6.07, 6.45) is 2.88. The molecule has 0 saturated heterocycles. The number of carbonyl (C=O) groups is 3. The molecule has 2 aromatic heterocycles. The van der Waals surface area contributed by atoms with Crippen molar-refractivity contribution in [2.24, 2.45) is 18.0 Å². The first-order valence-corrected chi connectivity index (χ1v) is 20.8. The molecule has 320 valence electrons. The summed E-state index contributed by atoms with van der Waals surface area (Å²) >= 11 is 0. The predicted octanol–water partition coefficient (Wildman–Crippen LogP) is 6.37. The van der Waals surface area contributed by atoms with Crippen molar-refractivity contribution in [3.05, 3.63) is 137 Å². The molecule has 0 unspecified atom stereocenters. The molecular weight excluding hydrogens is 819 g/mol. The highest BCUT2D eigenvalue weighted by Crippen LogP contribution is 2.53. The Morgan fingerprint density at radius 2 is 1.55 bits per heavy atom. The average Bonchev–Trinajstić information content (AvgIpc) is 4.07. The summed E-state index contributed by atoms with van der Waals surface area (Å²) in [7, 11) is 1.65. The van der Waals surface area contributed by atoms with Crippen LogP contribution in [0.1, 0.15) is 44.7 Å². The molecule has 1 fully saturated rings. The van der Waals surface area contributed by atoms with Gasteiger partial charge in [0.25, 0.3) is 5.91 Å². The number of carbonyl (C=O) groups excluding carboxylic acids is 3. The second-order valence-corrected chi connectivity index (χ2v) is 15.4. The third-order valence-electron chi connectivity index (χ3n) is 9.41. The Hall–Kier alpha value is -7.14. The van der Waals surface area contributed by atoms with Crippen LogP contribution in [-0.2, 0) is 50.1 Å². The standard InChI is InChI=1S/C43H43N8O10P/c1-44-42(53)33-24-51(38(46-41(52)30-18-19-30)23-35(33)45-34-17-11-16-32(39(34)57-4)40-47-49-50(2)48-40)27-58-43(54)31-20-21-36(37(22-31)56-3)61-62(55,59-25-28-12-7-5-8-13-28)60-26-29-14-9-6-10-15-29/h5-17,20-24,30H,18-19,25-27H2,1-4H3,(H,44,53)(H,46,52). The van der Waals surface area contributed by atoms with Gasteiger partial charge in [-0.1, -0.05) is 66.7 Å². The van der Waals surface area contributed by atoms with E-state index in [1.807, 2.05) is 60.7 Å². The number of hydrogen-bond donors (Lipinski definition) is 2. The number of benzene rings is 4. The number of ether oxygens (including phenoxy) is 3. The maximum Gasteiger partial charge on any atom is 0.530 e. The van der Waals surface area contributed by atoms with Crippen molar-refractivity contribution in [2.45, 2.75) is 32.8 Å². The Kier molecular flexibility index (Phi) is 13.5. The smallest absolute Gasteiger partial charge is 0.494 e. The van der Waals surface area contributed by atoms with E-state index in [1.54, 1.807) is 25.2 Å². The van der Waals surface area contributed by atoms with Crippen molar-refractivity contribution in [3.8, 4) is 28.6 Å². The van der Waals surface area contributed by atoms with Gasteiger partial charge in [-0.05, 0) is 59.5 Å². The van der Waals surface area contributed by atoms with Gasteiger partial charge in [-0.15, -0.1) is 10.2 Å². The summed E-state index contributed by atoms with van der Waals surface area (Å²) in [5.74, 6) is -0.864. The normalized spacial score (nSPS) is 12.7. The van der Waals surface area contributed by atoms with Gasteiger partial charge in [0.1, 0.15) is 11.5 Å². The monoisotopic (exact) mass is 862 g/mol. The zero-order valence-corrected chi connectivity index (χ0v) is 35.1. The fraction of sp³-hybridized carbons (Fsp3) is 0.233. The van der Waals surface area contributed by atoms with Crippen molar-refractivity contribution in [3.63, 3.8) is 0 Å². The van der Waals surface area contributed by atoms with Gasteiger partial charge < -0.3 is 29.4 Å². The molecule has 19 heteroatoms. The minimum Gasteiger partial charge on any atom is -0.494 e. The van der Waals surface area contributed by atoms with Gasteiger partial charge in [-0.25, -0.2) is 14.4 Å². The van der Waals surface area contributed by atoms with Gasteiger partial charge in [-0.3, -0.25) is 23.2 Å². The van der Waals surface area contributed by atoms with Gasteiger partial charge in [0.15, 0.2) is 24.0 Å². The summed E-state index contributed by atoms with van der Waals surface area (Å²) < 4.78 is 49.9. The molecule has 62 heavy (non-hydrogen) atoms. The highest BCUT2D eigenvalue weighted by atomic mass is 31.2. The van der Waals surface area contributed by atoms with E-state index in [1.165, 1.54) is 61.1 Å². The Labute approximate surface area is 356 Å². The number of para-hydroxylation sites is 1. The van der Waals surface area contributed by atoms with Gasteiger partial charge in [-0.2, -0.15) is 4.80 Å². The number of esters is 1. The van der Waals surface area contributed by atoms with E-state index in [9.17, 15) is 18.9 Å². The van der Waals surface area contributed by atoms with Gasteiger partial charge in [0.2, 0.25) is 11.7 Å². The average molecular weight is 863 g/mol. The van der Waals surface area contributed by atoms with Crippen LogP contribution >= 0.6 is 7.82 Å². The van der Waals surface area contributed by atoms with Crippen LogP contribution in [0, 0.1) is 5.92 Å². The molecule has 6 aromatic rings. The fourth-order valence-corrected chi connectivity index (χ4v) is 7.23. The molecule has 7 rings (SSSR count). The summed E-state index contributed by atoms with van der Waals surface area (Å²) in [5, 5.41) is 18.0. The van der Waals surface area contributed by atoms with Gasteiger partial charge in [0, 0.05) is 25.2 Å². The molecule has 2 amide bonds. The summed E-state index contributed by atoms with van der Waals surface area (Å²) in [5.41, 5.74) is 2.48. The maximum atomic E-state index is 14.1. The lowest BCUT2D eigenvalue weighted by molar-refractivity contribution is -0.117. The molecule has 2 N–H and O–H groups in total. The number of pyridine rings is 1. The predicted molar refractivity (Wildman–Crippen MR) is 224 cm³/mol. The quantitative estimate of drug-likeness (QED) is 0.0712. The number of aryl methyl sites for hydroxylation is 1. The SMILES string of the molecule is CNC(=O)c1cn(COC(=O)c2ccc(OP(=O)(OCc3ccccc3)OCc3ccccc3)c(OC)c2)c(NC(=O)C2CC2)cc1=Nc1cccc(-c2nnn(C)n2)c1OC. The second kappa shape index (κ2) is 19.5. The van der Waals surface area contributed by atoms with Crippen molar-refractivity contribution >= 4 is 37.1 Å². The number of anilines is 1. The first-order valence-electron chi connectivity index (χ1n) is 19.3. The minimum atomic E-state index is -4.28. The first-order chi connectivity index (χ1) is 30.1. The van der Waals surface area contributed by atoms with Crippen LogP contribution < -0.4 is 30.0 Å². The molecule has 2 heterocycles. The highest BCUT2D eigenvalue weighted by molar-refractivity contribution is 7.48. The highest BCUT2D eigenvalue weighted by Gasteiger charge is 2.32. The third kappa shape index (κ3) is 10.6. The van der Waals surface area contributed by atoms with Gasteiger partial charge in [0.05, 0.1) is 56.5 Å². The number of amides is 2. The summed E-state index contributed by atoms with van der Waals surface area (Å²) in [6.45, 7) is -0.572. The molecule has 1 saturated carbocycles. The summed E-state index contributed by atoms with van der Waals surface area (Å²) in [6, 6.07) is 29.1. The molecule has 0 spiro atoms. The van der Waals surface area contributed by atoms with Crippen LogP contribution in [0.2, 0.25) is 0 Å². The van der Waals surface area contributed by atoms with E-state index in [2.05, 4.69) is 26.0 Å². The van der Waals surface area contributed by atoms with E-state index in [-0.39, 0.29) is 58.8 Å². The zero-order chi connectivity index (χ0) is 43.6. The molecule has 4 aromatic carbocycles. The second-order valence-electron chi connectivity index (χ2n) is 13.8. The lowest BCUT2D eigenvalue weighted by Crippen LogP contribution is -2.29. The van der Waals surface area contributed by atoms with Crippen LogP contribution in [0.15, 0.2) is 114 Å². The Morgan fingerprint density at radius 1 is 0.855 bits per heavy atom. The van der Waals surface area contributed by atoms with E-state index < -0.39 is 26.4 Å². The van der Waals surface area contributed by atoms with Crippen molar-refractivity contribution < 1.29 is 46.7 Å². The molecule has 1 aliphatic carbocycles. The number of hydrogen-bond acceptors (Lipinski definition) is 14. The van der Waals surface area contributed by atoms with Crippen molar-refractivity contribution in [1.29, 1.82) is 0 Å². The number of aromatic nitrogens is 5. The number of phosphoric ester groups is 1. The summed E-state index contributed by atoms with van der Waals surface area (Å²) in [4.78, 5) is 46.2. The number of nitrogens with one attached hydrogen (secondary N) is 2. The topological polar surface area (TPSA) is 209 Å². The molecule has 0 aliphatic heterocycles. The first kappa shape index (κ1) is 43.0. The van der Waals surface area contributed by atoms with Crippen LogP contribution in [0.25, 0.3) is 11.4 Å². The molecule has 0 atom stereocenters. The van der Waals surface area contributed by atoms with E-state index in [4.69, 9.17) is 32.8 Å². The Bertz CT molecular complexity index is 2640. The number of methoxy groups -OCH3 is 2. The van der Waals surface area contributed by atoms with E-state index >= 15 is 0 Å². The third-order valence-corrected chi connectivity index (χ3v) is 10.7. The van der Waals surface area contributed by atoms with Crippen LogP contribution in [0.4, 0.5) is 11.5 Å². The van der Waals surface area contributed by atoms with Crippen LogP contribution in [0.5, 0.6) is 17.2 Å². The maximum absolute atomic E-state index is 14.1.